The molecule has 0 spiro atoms. The molecule has 0 aliphatic heterocycles. The Morgan fingerprint density at radius 3 is 2.37 bits per heavy atom. The van der Waals surface area contributed by atoms with Crippen LogP contribution in [-0.2, 0) is 0 Å². The molecular weight excluding hydrogens is 254 g/mol. The van der Waals surface area contributed by atoms with Gasteiger partial charge in [-0.25, -0.2) is 0 Å². The van der Waals surface area contributed by atoms with E-state index in [4.69, 9.17) is 11.6 Å². The van der Waals surface area contributed by atoms with Crippen molar-refractivity contribution < 1.29 is 0 Å². The van der Waals surface area contributed by atoms with Crippen LogP contribution in [0.5, 0.6) is 0 Å². The molecule has 0 bridgehead atoms. The second-order valence-corrected chi connectivity index (χ2v) is 5.27. The monoisotopic (exact) mass is 273 g/mol. The van der Waals surface area contributed by atoms with E-state index < -0.39 is 0 Å². The van der Waals surface area contributed by atoms with Crippen LogP contribution < -0.4 is 5.32 Å². The predicted molar refractivity (Wildman–Crippen MR) is 82.9 cm³/mol. The molecular formula is C17H20ClN. The Kier molecular flexibility index (Phi) is 4.62. The highest BCUT2D eigenvalue weighted by molar-refractivity contribution is 6.30. The minimum absolute atomic E-state index is 0.224. The molecule has 2 aromatic rings. The molecule has 1 atom stereocenters. The van der Waals surface area contributed by atoms with Crippen molar-refractivity contribution in [1.29, 1.82) is 0 Å². The van der Waals surface area contributed by atoms with Crippen LogP contribution in [0.3, 0.4) is 0 Å². The van der Waals surface area contributed by atoms with Gasteiger partial charge in [-0.15, -0.1) is 0 Å². The first kappa shape index (κ1) is 14.1. The molecule has 0 aliphatic carbocycles. The lowest BCUT2D eigenvalue weighted by Gasteiger charge is -2.22. The maximum absolute atomic E-state index is 5.98. The molecule has 19 heavy (non-hydrogen) atoms. The minimum atomic E-state index is 0.224. The lowest BCUT2D eigenvalue weighted by atomic mass is 9.92. The zero-order chi connectivity index (χ0) is 13.8. The smallest absolute Gasteiger partial charge is 0.0579 e. The summed E-state index contributed by atoms with van der Waals surface area (Å²) in [5.74, 6) is 0. The van der Waals surface area contributed by atoms with E-state index in [1.54, 1.807) is 0 Å². The summed E-state index contributed by atoms with van der Waals surface area (Å²) < 4.78 is 0. The zero-order valence-corrected chi connectivity index (χ0v) is 12.5. The number of nitrogens with one attached hydrogen (secondary N) is 1. The first-order valence-electron chi connectivity index (χ1n) is 6.68. The fourth-order valence-electron chi connectivity index (χ4n) is 2.35. The predicted octanol–water partition coefficient (Wildman–Crippen LogP) is 4.66. The fraction of sp³-hybridized carbons (Fsp3) is 0.294. The number of rotatable bonds is 4. The summed E-state index contributed by atoms with van der Waals surface area (Å²) in [6, 6.07) is 14.8. The third-order valence-corrected chi connectivity index (χ3v) is 3.82. The molecule has 0 aromatic heterocycles. The van der Waals surface area contributed by atoms with Gasteiger partial charge in [0.05, 0.1) is 6.04 Å². The van der Waals surface area contributed by atoms with E-state index in [2.05, 4.69) is 56.4 Å². The second kappa shape index (κ2) is 6.23. The summed E-state index contributed by atoms with van der Waals surface area (Å²) in [6.45, 7) is 7.41. The fourth-order valence-corrected chi connectivity index (χ4v) is 2.48. The Hall–Kier alpha value is -1.31. The Morgan fingerprint density at radius 2 is 1.74 bits per heavy atom. The largest absolute Gasteiger partial charge is 0.307 e. The normalized spacial score (nSPS) is 12.4. The molecule has 1 nitrogen and oxygen atoms in total. The molecule has 2 rings (SSSR count). The molecule has 0 amide bonds. The van der Waals surface area contributed by atoms with Crippen molar-refractivity contribution in [3.8, 4) is 0 Å². The van der Waals surface area contributed by atoms with Gasteiger partial charge in [-0.1, -0.05) is 48.9 Å². The van der Waals surface area contributed by atoms with Crippen LogP contribution in [0.15, 0.2) is 42.5 Å². The van der Waals surface area contributed by atoms with Crippen molar-refractivity contribution in [1.82, 2.24) is 5.32 Å². The van der Waals surface area contributed by atoms with Gasteiger partial charge in [-0.05, 0) is 54.8 Å². The third kappa shape index (κ3) is 3.17. The Labute approximate surface area is 120 Å². The van der Waals surface area contributed by atoms with Crippen LogP contribution >= 0.6 is 11.6 Å². The van der Waals surface area contributed by atoms with E-state index in [1.807, 2.05) is 12.1 Å². The number of aryl methyl sites for hydroxylation is 1. The molecule has 0 saturated heterocycles. The van der Waals surface area contributed by atoms with Crippen LogP contribution in [0, 0.1) is 13.8 Å². The standard InChI is InChI=1S/C17H20ClN/c1-4-19-17(14-8-10-15(18)11-9-14)16-7-5-6-12(2)13(16)3/h5-11,17,19H,4H2,1-3H3. The number of halogens is 1. The maximum Gasteiger partial charge on any atom is 0.0579 e. The SMILES string of the molecule is CCNC(c1ccc(Cl)cc1)c1cccc(C)c1C. The number of hydrogen-bond donors (Lipinski definition) is 1. The van der Waals surface area contributed by atoms with Crippen molar-refractivity contribution in [3.05, 3.63) is 69.7 Å². The molecule has 0 aliphatic rings. The van der Waals surface area contributed by atoms with E-state index in [9.17, 15) is 0 Å². The minimum Gasteiger partial charge on any atom is -0.307 e. The van der Waals surface area contributed by atoms with Gasteiger partial charge in [0.2, 0.25) is 0 Å². The lowest BCUT2D eigenvalue weighted by molar-refractivity contribution is 0.627. The van der Waals surface area contributed by atoms with Crippen molar-refractivity contribution >= 4 is 11.6 Å². The van der Waals surface area contributed by atoms with Gasteiger partial charge >= 0.3 is 0 Å². The highest BCUT2D eigenvalue weighted by Crippen LogP contribution is 2.27. The molecule has 0 saturated carbocycles. The molecule has 1 unspecified atom stereocenters. The van der Waals surface area contributed by atoms with Gasteiger partial charge in [0.25, 0.3) is 0 Å². The summed E-state index contributed by atoms with van der Waals surface area (Å²) in [5.41, 5.74) is 5.27. The average Bonchev–Trinajstić information content (AvgIpc) is 2.41. The van der Waals surface area contributed by atoms with Crippen molar-refractivity contribution in [3.63, 3.8) is 0 Å². The lowest BCUT2D eigenvalue weighted by Crippen LogP contribution is -2.23. The third-order valence-electron chi connectivity index (χ3n) is 3.57. The molecule has 2 aromatic carbocycles. The molecule has 1 N–H and O–H groups in total. The summed E-state index contributed by atoms with van der Waals surface area (Å²) >= 11 is 5.98. The van der Waals surface area contributed by atoms with Gasteiger partial charge in [-0.2, -0.15) is 0 Å². The molecule has 0 fully saturated rings. The topological polar surface area (TPSA) is 12.0 Å². The number of benzene rings is 2. The van der Waals surface area contributed by atoms with Gasteiger partial charge < -0.3 is 5.32 Å². The van der Waals surface area contributed by atoms with Crippen molar-refractivity contribution in [2.75, 3.05) is 6.54 Å². The molecule has 2 heteroatoms. The quantitative estimate of drug-likeness (QED) is 0.855. The van der Waals surface area contributed by atoms with Crippen LogP contribution in [0.2, 0.25) is 5.02 Å². The van der Waals surface area contributed by atoms with Crippen LogP contribution in [0.1, 0.15) is 35.2 Å². The molecule has 100 valence electrons. The molecule has 0 radical (unpaired) electrons. The van der Waals surface area contributed by atoms with Gasteiger partial charge in [0, 0.05) is 5.02 Å². The summed E-state index contributed by atoms with van der Waals surface area (Å²) in [4.78, 5) is 0. The second-order valence-electron chi connectivity index (χ2n) is 4.83. The summed E-state index contributed by atoms with van der Waals surface area (Å²) in [6.07, 6.45) is 0. The van der Waals surface area contributed by atoms with E-state index in [0.29, 0.717) is 0 Å². The average molecular weight is 274 g/mol. The van der Waals surface area contributed by atoms with Gasteiger partial charge in [-0.3, -0.25) is 0 Å². The van der Waals surface area contributed by atoms with Crippen LogP contribution in [-0.4, -0.2) is 6.54 Å². The Balaban J connectivity index is 2.45. The van der Waals surface area contributed by atoms with Gasteiger partial charge in [0.1, 0.15) is 0 Å². The van der Waals surface area contributed by atoms with Gasteiger partial charge in [0.15, 0.2) is 0 Å². The number of hydrogen-bond acceptors (Lipinski definition) is 1. The first-order chi connectivity index (χ1) is 9.13. The summed E-state index contributed by atoms with van der Waals surface area (Å²) in [5, 5.41) is 4.34. The van der Waals surface area contributed by atoms with E-state index in [-0.39, 0.29) is 6.04 Å². The van der Waals surface area contributed by atoms with Crippen molar-refractivity contribution in [2.24, 2.45) is 0 Å². The Morgan fingerprint density at radius 1 is 1.05 bits per heavy atom. The van der Waals surface area contributed by atoms with E-state index in [1.165, 1.54) is 22.3 Å². The van der Waals surface area contributed by atoms with E-state index >= 15 is 0 Å². The van der Waals surface area contributed by atoms with E-state index in [0.717, 1.165) is 11.6 Å². The van der Waals surface area contributed by atoms with Crippen molar-refractivity contribution in [2.45, 2.75) is 26.8 Å². The van der Waals surface area contributed by atoms with Crippen LogP contribution in [0.4, 0.5) is 0 Å². The zero-order valence-electron chi connectivity index (χ0n) is 11.7. The highest BCUT2D eigenvalue weighted by Gasteiger charge is 2.15. The first-order valence-corrected chi connectivity index (χ1v) is 7.06. The van der Waals surface area contributed by atoms with Crippen LogP contribution in [0.25, 0.3) is 0 Å². The Bertz CT molecular complexity index is 546. The maximum atomic E-state index is 5.98. The molecule has 0 heterocycles. The summed E-state index contributed by atoms with van der Waals surface area (Å²) in [7, 11) is 0. The highest BCUT2D eigenvalue weighted by atomic mass is 35.5.